The SMILES string of the molecule is C[SH](N)(=O)c1ccc(N)cc1. The lowest BCUT2D eigenvalue weighted by Gasteiger charge is -2.11. The molecule has 0 aromatic heterocycles. The van der Waals surface area contributed by atoms with Crippen LogP contribution in [0.15, 0.2) is 29.2 Å². The number of nitrogen functional groups attached to an aromatic ring is 1. The van der Waals surface area contributed by atoms with E-state index in [1.165, 1.54) is 6.26 Å². The molecule has 3 nitrogen and oxygen atoms in total. The van der Waals surface area contributed by atoms with E-state index in [4.69, 9.17) is 10.9 Å². The van der Waals surface area contributed by atoms with Gasteiger partial charge < -0.3 is 5.73 Å². The predicted molar refractivity (Wildman–Crippen MR) is 48.8 cm³/mol. The smallest absolute Gasteiger partial charge is 0.0314 e. The second-order valence-electron chi connectivity index (χ2n) is 2.58. The van der Waals surface area contributed by atoms with Crippen molar-refractivity contribution in [1.82, 2.24) is 0 Å². The number of anilines is 1. The van der Waals surface area contributed by atoms with Gasteiger partial charge in [-0.05, 0) is 34.4 Å². The summed E-state index contributed by atoms with van der Waals surface area (Å²) in [5, 5.41) is 5.42. The summed E-state index contributed by atoms with van der Waals surface area (Å²) in [6.45, 7) is 0. The number of rotatable bonds is 1. The number of hydrogen-bond donors (Lipinski definition) is 3. The minimum absolute atomic E-state index is 0.655. The van der Waals surface area contributed by atoms with E-state index in [0.29, 0.717) is 10.6 Å². The quantitative estimate of drug-likeness (QED) is 0.417. The van der Waals surface area contributed by atoms with Gasteiger partial charge in [-0.3, -0.25) is 9.35 Å². The van der Waals surface area contributed by atoms with Crippen molar-refractivity contribution in [2.24, 2.45) is 5.14 Å². The molecule has 4 N–H and O–H groups in total. The first-order valence-corrected chi connectivity index (χ1v) is 5.44. The first-order chi connectivity index (χ1) is 5.00. The topological polar surface area (TPSA) is 69.1 Å². The molecule has 0 unspecified atom stereocenters. The lowest BCUT2D eigenvalue weighted by atomic mass is 10.3. The fourth-order valence-corrected chi connectivity index (χ4v) is 1.51. The van der Waals surface area contributed by atoms with E-state index in [0.717, 1.165) is 0 Å². The first-order valence-electron chi connectivity index (χ1n) is 3.22. The van der Waals surface area contributed by atoms with E-state index in [9.17, 15) is 4.21 Å². The normalized spacial score (nSPS) is 12.9. The van der Waals surface area contributed by atoms with Crippen LogP contribution < -0.4 is 10.9 Å². The largest absolute Gasteiger partial charge is 0.399 e. The lowest BCUT2D eigenvalue weighted by Crippen LogP contribution is -2.20. The Morgan fingerprint density at radius 2 is 1.73 bits per heavy atom. The second kappa shape index (κ2) is 2.64. The summed E-state index contributed by atoms with van der Waals surface area (Å²) < 4.78 is 11.3. The second-order valence-corrected chi connectivity index (χ2v) is 5.08. The van der Waals surface area contributed by atoms with Crippen molar-refractivity contribution < 1.29 is 4.21 Å². The van der Waals surface area contributed by atoms with Gasteiger partial charge in [-0.15, -0.1) is 0 Å². The molecule has 0 radical (unpaired) electrons. The third-order valence-electron chi connectivity index (χ3n) is 1.41. The van der Waals surface area contributed by atoms with Crippen molar-refractivity contribution in [3.05, 3.63) is 24.3 Å². The molecule has 0 saturated carbocycles. The molecule has 0 bridgehead atoms. The molecule has 0 fully saturated rings. The van der Waals surface area contributed by atoms with Crippen LogP contribution in [-0.4, -0.2) is 10.5 Å². The summed E-state index contributed by atoms with van der Waals surface area (Å²) in [4.78, 5) is 0.659. The van der Waals surface area contributed by atoms with Gasteiger partial charge in [-0.1, -0.05) is 0 Å². The monoisotopic (exact) mass is 172 g/mol. The Balaban J connectivity index is 3.09. The Kier molecular flexibility index (Phi) is 1.97. The first kappa shape index (κ1) is 8.23. The maximum absolute atomic E-state index is 11.3. The summed E-state index contributed by atoms with van der Waals surface area (Å²) in [6.07, 6.45) is 1.53. The van der Waals surface area contributed by atoms with Crippen LogP contribution in [0.4, 0.5) is 5.69 Å². The van der Waals surface area contributed by atoms with Gasteiger partial charge in [-0.2, -0.15) is 0 Å². The van der Waals surface area contributed by atoms with Gasteiger partial charge >= 0.3 is 0 Å². The van der Waals surface area contributed by atoms with Crippen LogP contribution in [0.3, 0.4) is 0 Å². The fourth-order valence-electron chi connectivity index (χ4n) is 0.770. The molecule has 0 aliphatic carbocycles. The highest BCUT2D eigenvalue weighted by Crippen LogP contribution is 2.12. The minimum atomic E-state index is -2.59. The van der Waals surface area contributed by atoms with E-state index in [1.54, 1.807) is 24.3 Å². The highest BCUT2D eigenvalue weighted by atomic mass is 32.3. The summed E-state index contributed by atoms with van der Waals surface area (Å²) in [5.74, 6) is 0. The van der Waals surface area contributed by atoms with Crippen molar-refractivity contribution in [1.29, 1.82) is 0 Å². The van der Waals surface area contributed by atoms with Crippen molar-refractivity contribution >= 4 is 15.8 Å². The molecule has 0 aliphatic rings. The third kappa shape index (κ3) is 2.03. The van der Waals surface area contributed by atoms with Crippen LogP contribution in [0.25, 0.3) is 0 Å². The summed E-state index contributed by atoms with van der Waals surface area (Å²) in [6, 6.07) is 6.77. The molecule has 0 atom stereocenters. The molecule has 1 aromatic rings. The maximum atomic E-state index is 11.3. The van der Waals surface area contributed by atoms with Gasteiger partial charge in [0.15, 0.2) is 0 Å². The number of hydrogen-bond acceptors (Lipinski definition) is 2. The van der Waals surface area contributed by atoms with Gasteiger partial charge in [0, 0.05) is 16.8 Å². The van der Waals surface area contributed by atoms with Crippen LogP contribution >= 0.6 is 0 Å². The van der Waals surface area contributed by atoms with E-state index >= 15 is 0 Å². The van der Waals surface area contributed by atoms with E-state index < -0.39 is 10.1 Å². The molecule has 0 amide bonds. The Hall–Kier alpha value is -0.870. The highest BCUT2D eigenvalue weighted by molar-refractivity contribution is 8.00. The minimum Gasteiger partial charge on any atom is -0.399 e. The molecule has 1 aromatic carbocycles. The van der Waals surface area contributed by atoms with Gasteiger partial charge in [-0.25, -0.2) is 0 Å². The van der Waals surface area contributed by atoms with Crippen LogP contribution in [0.1, 0.15) is 0 Å². The number of nitrogens with two attached hydrogens (primary N) is 2. The van der Waals surface area contributed by atoms with E-state index in [2.05, 4.69) is 0 Å². The van der Waals surface area contributed by atoms with E-state index in [1.807, 2.05) is 0 Å². The van der Waals surface area contributed by atoms with Crippen LogP contribution in [0.2, 0.25) is 0 Å². The van der Waals surface area contributed by atoms with E-state index in [-0.39, 0.29) is 0 Å². The lowest BCUT2D eigenvalue weighted by molar-refractivity contribution is 0.675. The van der Waals surface area contributed by atoms with Gasteiger partial charge in [0.2, 0.25) is 0 Å². The standard InChI is InChI=1S/C7H12N2OS/c1-11(9,10)7-4-2-6(8)3-5-7/h2-5,11H,8H2,1H3,(H2,9,10). The van der Waals surface area contributed by atoms with Gasteiger partial charge in [0.05, 0.1) is 0 Å². The molecule has 1 rings (SSSR count). The molecule has 4 heteroatoms. The molecule has 0 heterocycles. The zero-order chi connectivity index (χ0) is 8.48. The summed E-state index contributed by atoms with van der Waals surface area (Å²) >= 11 is 0. The molecule has 0 aliphatic heterocycles. The molecule has 0 spiro atoms. The zero-order valence-corrected chi connectivity index (χ0v) is 7.21. The number of thiol groups is 1. The highest BCUT2D eigenvalue weighted by Gasteiger charge is 2.02. The Morgan fingerprint density at radius 1 is 1.27 bits per heavy atom. The molecule has 11 heavy (non-hydrogen) atoms. The van der Waals surface area contributed by atoms with Crippen molar-refractivity contribution in [3.63, 3.8) is 0 Å². The van der Waals surface area contributed by atoms with Gasteiger partial charge in [0.25, 0.3) is 0 Å². The van der Waals surface area contributed by atoms with Gasteiger partial charge in [0.1, 0.15) is 0 Å². The summed E-state index contributed by atoms with van der Waals surface area (Å²) in [7, 11) is -2.59. The van der Waals surface area contributed by atoms with Crippen LogP contribution in [-0.2, 0) is 10.1 Å². The Morgan fingerprint density at radius 3 is 2.09 bits per heavy atom. The fraction of sp³-hybridized carbons (Fsp3) is 0.143. The van der Waals surface area contributed by atoms with Crippen molar-refractivity contribution in [2.75, 3.05) is 12.0 Å². The molecular weight excluding hydrogens is 160 g/mol. The predicted octanol–water partition coefficient (Wildman–Crippen LogP) is 0.148. The zero-order valence-electron chi connectivity index (χ0n) is 6.32. The Labute approximate surface area is 67.0 Å². The van der Waals surface area contributed by atoms with Crippen molar-refractivity contribution in [2.45, 2.75) is 4.90 Å². The Bertz CT molecular complexity index is 288. The maximum Gasteiger partial charge on any atom is 0.0314 e. The van der Waals surface area contributed by atoms with Crippen LogP contribution in [0.5, 0.6) is 0 Å². The van der Waals surface area contributed by atoms with Crippen LogP contribution in [0, 0.1) is 0 Å². The summed E-state index contributed by atoms with van der Waals surface area (Å²) in [5.41, 5.74) is 6.09. The average Bonchev–Trinajstić information content (AvgIpc) is 1.86. The molecule has 0 saturated heterocycles. The average molecular weight is 172 g/mol. The van der Waals surface area contributed by atoms with Crippen molar-refractivity contribution in [3.8, 4) is 0 Å². The third-order valence-corrected chi connectivity index (χ3v) is 2.73. The number of benzene rings is 1. The molecular formula is C7H12N2OS. The molecule has 62 valence electrons.